The van der Waals surface area contributed by atoms with Crippen molar-refractivity contribution in [1.82, 2.24) is 4.98 Å². The first kappa shape index (κ1) is 21.3. The first-order valence-electron chi connectivity index (χ1n) is 11.0. The number of aryl methyl sites for hydroxylation is 1. The monoisotopic (exact) mass is 446 g/mol. The van der Waals surface area contributed by atoms with E-state index in [1.165, 1.54) is 0 Å². The van der Waals surface area contributed by atoms with Crippen molar-refractivity contribution in [2.24, 2.45) is 0 Å². The number of hydrogen-bond acceptors (Lipinski definition) is 4. The molecule has 5 rings (SSSR count). The van der Waals surface area contributed by atoms with Crippen LogP contribution in [0, 0.1) is 6.92 Å². The fourth-order valence-electron chi connectivity index (χ4n) is 3.95. The summed E-state index contributed by atoms with van der Waals surface area (Å²) in [6, 6.07) is 30.5. The summed E-state index contributed by atoms with van der Waals surface area (Å²) >= 11 is 0. The van der Waals surface area contributed by atoms with Crippen LogP contribution in [0.2, 0.25) is 0 Å². The van der Waals surface area contributed by atoms with Crippen LogP contribution in [0.15, 0.2) is 97.1 Å². The van der Waals surface area contributed by atoms with Crippen molar-refractivity contribution in [2.75, 3.05) is 11.9 Å². The Balaban J connectivity index is 1.37. The summed E-state index contributed by atoms with van der Waals surface area (Å²) < 4.78 is 5.41. The molecule has 0 aliphatic carbocycles. The van der Waals surface area contributed by atoms with Gasteiger partial charge in [0.15, 0.2) is 6.61 Å². The van der Waals surface area contributed by atoms with E-state index in [4.69, 9.17) is 9.72 Å². The van der Waals surface area contributed by atoms with Crippen molar-refractivity contribution in [3.8, 4) is 11.3 Å². The van der Waals surface area contributed by atoms with Crippen LogP contribution in [0.3, 0.4) is 0 Å². The molecule has 0 fully saturated rings. The van der Waals surface area contributed by atoms with Gasteiger partial charge in [0.1, 0.15) is 0 Å². The Labute approximate surface area is 197 Å². The lowest BCUT2D eigenvalue weighted by Crippen LogP contribution is -2.21. The predicted octanol–water partition coefficient (Wildman–Crippen LogP) is 6.16. The summed E-state index contributed by atoms with van der Waals surface area (Å²) in [5, 5.41) is 5.46. The zero-order chi connectivity index (χ0) is 23.5. The number of amides is 1. The highest BCUT2D eigenvalue weighted by Gasteiger charge is 2.17. The van der Waals surface area contributed by atoms with Gasteiger partial charge in [-0.25, -0.2) is 9.78 Å². The molecule has 0 radical (unpaired) electrons. The van der Waals surface area contributed by atoms with Gasteiger partial charge in [-0.05, 0) is 30.5 Å². The topological polar surface area (TPSA) is 68.3 Å². The quantitative estimate of drug-likeness (QED) is 0.328. The Kier molecular flexibility index (Phi) is 5.75. The number of anilines is 1. The van der Waals surface area contributed by atoms with Crippen molar-refractivity contribution >= 4 is 39.2 Å². The van der Waals surface area contributed by atoms with E-state index in [1.54, 1.807) is 6.07 Å². The van der Waals surface area contributed by atoms with Gasteiger partial charge in [-0.2, -0.15) is 0 Å². The van der Waals surface area contributed by atoms with Crippen LogP contribution in [0.5, 0.6) is 0 Å². The Hall–Kier alpha value is -4.51. The SMILES string of the molecule is Cc1ccc(-c2cc(C(=O)OCC(=O)Nc3cccc4ccccc34)c3ccccc3n2)cc1. The molecule has 0 unspecified atom stereocenters. The normalized spacial score (nSPS) is 10.9. The summed E-state index contributed by atoms with van der Waals surface area (Å²) in [5.41, 5.74) is 4.45. The Bertz CT molecular complexity index is 1520. The average Bonchev–Trinajstić information content (AvgIpc) is 2.87. The highest BCUT2D eigenvalue weighted by atomic mass is 16.5. The van der Waals surface area contributed by atoms with E-state index < -0.39 is 18.5 Å². The van der Waals surface area contributed by atoms with Gasteiger partial charge in [0, 0.05) is 22.0 Å². The maximum atomic E-state index is 13.0. The number of fused-ring (bicyclic) bond motifs is 2. The molecule has 4 aromatic carbocycles. The molecule has 0 bridgehead atoms. The molecule has 0 atom stereocenters. The summed E-state index contributed by atoms with van der Waals surface area (Å²) in [4.78, 5) is 30.3. The number of rotatable bonds is 5. The summed E-state index contributed by atoms with van der Waals surface area (Å²) in [5.74, 6) is -0.971. The van der Waals surface area contributed by atoms with Crippen molar-refractivity contribution in [1.29, 1.82) is 0 Å². The van der Waals surface area contributed by atoms with Gasteiger partial charge in [0.25, 0.3) is 5.91 Å². The van der Waals surface area contributed by atoms with E-state index in [1.807, 2.05) is 97.9 Å². The maximum absolute atomic E-state index is 13.0. The zero-order valence-electron chi connectivity index (χ0n) is 18.6. The third-order valence-corrected chi connectivity index (χ3v) is 5.68. The molecule has 0 aliphatic heterocycles. The van der Waals surface area contributed by atoms with E-state index >= 15 is 0 Å². The number of nitrogens with one attached hydrogen (secondary N) is 1. The van der Waals surface area contributed by atoms with Gasteiger partial charge < -0.3 is 10.1 Å². The standard InChI is InChI=1S/C29H22N2O3/c1-19-13-15-21(16-14-19)27-17-24(23-10-4-5-11-26(23)30-27)29(33)34-18-28(32)31-25-12-6-8-20-7-2-3-9-22(20)25/h2-17H,18H2,1H3,(H,31,32). The van der Waals surface area contributed by atoms with E-state index in [2.05, 4.69) is 5.32 Å². The highest BCUT2D eigenvalue weighted by molar-refractivity contribution is 6.06. The molecular formula is C29H22N2O3. The second-order valence-corrected chi connectivity index (χ2v) is 8.09. The maximum Gasteiger partial charge on any atom is 0.339 e. The highest BCUT2D eigenvalue weighted by Crippen LogP contribution is 2.26. The van der Waals surface area contributed by atoms with Crippen LogP contribution >= 0.6 is 0 Å². The van der Waals surface area contributed by atoms with Crippen LogP contribution in [0.1, 0.15) is 15.9 Å². The summed E-state index contributed by atoms with van der Waals surface area (Å²) in [7, 11) is 0. The van der Waals surface area contributed by atoms with Crippen LogP contribution in [-0.4, -0.2) is 23.5 Å². The minimum absolute atomic E-state index is 0.374. The number of nitrogens with zero attached hydrogens (tertiary/aromatic N) is 1. The lowest BCUT2D eigenvalue weighted by molar-refractivity contribution is -0.119. The fourth-order valence-corrected chi connectivity index (χ4v) is 3.95. The average molecular weight is 447 g/mol. The van der Waals surface area contributed by atoms with Crippen molar-refractivity contribution in [2.45, 2.75) is 6.92 Å². The molecule has 5 aromatic rings. The zero-order valence-corrected chi connectivity index (χ0v) is 18.6. The Morgan fingerprint density at radius 2 is 1.53 bits per heavy atom. The number of hydrogen-bond donors (Lipinski definition) is 1. The third-order valence-electron chi connectivity index (χ3n) is 5.68. The largest absolute Gasteiger partial charge is 0.452 e. The first-order valence-corrected chi connectivity index (χ1v) is 11.0. The lowest BCUT2D eigenvalue weighted by atomic mass is 10.0. The Morgan fingerprint density at radius 1 is 0.824 bits per heavy atom. The third kappa shape index (κ3) is 4.36. The lowest BCUT2D eigenvalue weighted by Gasteiger charge is -2.11. The minimum Gasteiger partial charge on any atom is -0.452 e. The van der Waals surface area contributed by atoms with Gasteiger partial charge in [-0.1, -0.05) is 84.4 Å². The minimum atomic E-state index is -0.569. The molecule has 5 heteroatoms. The molecule has 1 N–H and O–H groups in total. The molecular weight excluding hydrogens is 424 g/mol. The van der Waals surface area contributed by atoms with Gasteiger partial charge in [-0.3, -0.25) is 4.79 Å². The second-order valence-electron chi connectivity index (χ2n) is 8.09. The second kappa shape index (κ2) is 9.16. The fraction of sp³-hybridized carbons (Fsp3) is 0.0690. The first-order chi connectivity index (χ1) is 16.6. The van der Waals surface area contributed by atoms with Crippen molar-refractivity contribution in [3.05, 3.63) is 108 Å². The van der Waals surface area contributed by atoms with Crippen LogP contribution in [0.25, 0.3) is 32.9 Å². The summed E-state index contributed by atoms with van der Waals surface area (Å²) in [6.45, 7) is 1.63. The van der Waals surface area contributed by atoms with Gasteiger partial charge in [0.2, 0.25) is 0 Å². The number of carbonyl (C=O) groups excluding carboxylic acids is 2. The molecule has 1 amide bonds. The Morgan fingerprint density at radius 3 is 2.35 bits per heavy atom. The number of aromatic nitrogens is 1. The van der Waals surface area contributed by atoms with E-state index in [0.29, 0.717) is 27.8 Å². The van der Waals surface area contributed by atoms with Gasteiger partial charge >= 0.3 is 5.97 Å². The van der Waals surface area contributed by atoms with Gasteiger partial charge in [-0.15, -0.1) is 0 Å². The number of esters is 1. The molecule has 1 heterocycles. The predicted molar refractivity (Wildman–Crippen MR) is 135 cm³/mol. The van der Waals surface area contributed by atoms with Crippen LogP contribution < -0.4 is 5.32 Å². The van der Waals surface area contributed by atoms with Gasteiger partial charge in [0.05, 0.1) is 16.8 Å². The molecule has 1 aromatic heterocycles. The number of benzene rings is 4. The molecule has 0 saturated heterocycles. The van der Waals surface area contributed by atoms with E-state index in [9.17, 15) is 9.59 Å². The van der Waals surface area contributed by atoms with Crippen LogP contribution in [-0.2, 0) is 9.53 Å². The smallest absolute Gasteiger partial charge is 0.339 e. The molecule has 0 spiro atoms. The number of ether oxygens (including phenoxy) is 1. The molecule has 34 heavy (non-hydrogen) atoms. The number of pyridine rings is 1. The molecule has 0 aliphatic rings. The van der Waals surface area contributed by atoms with Crippen molar-refractivity contribution < 1.29 is 14.3 Å². The summed E-state index contributed by atoms with van der Waals surface area (Å²) in [6.07, 6.45) is 0. The number of para-hydroxylation sites is 1. The van der Waals surface area contributed by atoms with E-state index in [-0.39, 0.29) is 0 Å². The molecule has 166 valence electrons. The van der Waals surface area contributed by atoms with E-state index in [0.717, 1.165) is 21.9 Å². The molecule has 5 nitrogen and oxygen atoms in total. The molecule has 0 saturated carbocycles. The number of carbonyl (C=O) groups is 2. The van der Waals surface area contributed by atoms with Crippen molar-refractivity contribution in [3.63, 3.8) is 0 Å². The van der Waals surface area contributed by atoms with Crippen LogP contribution in [0.4, 0.5) is 5.69 Å².